The number of amides is 2. The van der Waals surface area contributed by atoms with Crippen LogP contribution in [-0.2, 0) is 20.2 Å². The summed E-state index contributed by atoms with van der Waals surface area (Å²) in [5, 5.41) is 39.9. The van der Waals surface area contributed by atoms with E-state index in [4.69, 9.17) is 5.73 Å². The molecule has 0 radical (unpaired) electrons. The molecule has 1 heterocycles. The van der Waals surface area contributed by atoms with Crippen LogP contribution < -0.4 is 11.1 Å². The van der Waals surface area contributed by atoms with Crippen LogP contribution >= 0.6 is 0 Å². The van der Waals surface area contributed by atoms with Crippen molar-refractivity contribution in [2.24, 2.45) is 20.5 Å². The van der Waals surface area contributed by atoms with Crippen molar-refractivity contribution in [3.63, 3.8) is 0 Å². The monoisotopic (exact) mass is 662 g/mol. The number of hydrogen-bond donors (Lipinski definition) is 6. The Labute approximate surface area is 258 Å². The summed E-state index contributed by atoms with van der Waals surface area (Å²) in [6.45, 7) is 0. The average Bonchev–Trinajstić information content (AvgIpc) is 3.26. The molecule has 0 aliphatic carbocycles. The molecule has 0 aromatic heterocycles. The number of anilines is 1. The van der Waals surface area contributed by atoms with Crippen molar-refractivity contribution in [1.82, 2.24) is 5.32 Å². The van der Waals surface area contributed by atoms with Crippen LogP contribution in [0.2, 0.25) is 0 Å². The van der Waals surface area contributed by atoms with E-state index in [0.29, 0.717) is 5.39 Å². The standard InChI is InChI=1S/C28H18N6O10S2/c29-20-11-17-12(7-23(20)45(39,40)41)8-24(46(42,43)44)25(26(17)36)34-33-22-6-5-21(15-4-2-14(35)10-18(15)22)32-31-13-1-3-16-19(9-13)28(38)30-27(16)37/h1-11,35-36H,29H2,(H,30,37,38)(H,39,40,41)(H,42,43,44). The molecule has 0 unspecified atom stereocenters. The molecule has 1 aliphatic rings. The Morgan fingerprint density at radius 3 is 1.96 bits per heavy atom. The second-order valence-corrected chi connectivity index (χ2v) is 12.7. The number of azo groups is 2. The summed E-state index contributed by atoms with van der Waals surface area (Å²) in [6, 6.07) is 14.0. The van der Waals surface area contributed by atoms with Crippen LogP contribution in [-0.4, -0.2) is 48.0 Å². The predicted molar refractivity (Wildman–Crippen MR) is 162 cm³/mol. The Balaban J connectivity index is 1.45. The zero-order chi connectivity index (χ0) is 33.1. The lowest BCUT2D eigenvalue weighted by molar-refractivity contribution is 0.0879. The number of nitrogens with two attached hydrogens (primary N) is 1. The maximum atomic E-state index is 12.3. The molecular weight excluding hydrogens is 644 g/mol. The van der Waals surface area contributed by atoms with Crippen LogP contribution in [0.1, 0.15) is 20.7 Å². The summed E-state index contributed by atoms with van der Waals surface area (Å²) in [7, 11) is -9.90. The predicted octanol–water partition coefficient (Wildman–Crippen LogP) is 5.19. The van der Waals surface area contributed by atoms with Gasteiger partial charge in [-0.15, -0.1) is 15.3 Å². The number of phenols is 2. The number of nitrogens with one attached hydrogen (secondary N) is 1. The summed E-state index contributed by atoms with van der Waals surface area (Å²) in [5.41, 5.74) is 5.51. The van der Waals surface area contributed by atoms with E-state index in [1.807, 2.05) is 0 Å². The third-order valence-electron chi connectivity index (χ3n) is 6.94. The van der Waals surface area contributed by atoms with Gasteiger partial charge < -0.3 is 15.9 Å². The Kier molecular flexibility index (Phi) is 7.01. The first-order valence-corrected chi connectivity index (χ1v) is 15.6. The Bertz CT molecular complexity index is 2480. The number of carbonyl (C=O) groups excluding carboxylic acids is 2. The van der Waals surface area contributed by atoms with E-state index < -0.39 is 59.0 Å². The first kappa shape index (κ1) is 30.2. The normalized spacial score (nSPS) is 13.7. The molecule has 5 aromatic rings. The number of rotatable bonds is 6. The summed E-state index contributed by atoms with van der Waals surface area (Å²) < 4.78 is 67.2. The first-order chi connectivity index (χ1) is 21.6. The molecule has 0 saturated heterocycles. The van der Waals surface area contributed by atoms with Crippen LogP contribution in [0.25, 0.3) is 21.5 Å². The maximum Gasteiger partial charge on any atom is 0.296 e. The van der Waals surface area contributed by atoms with E-state index in [1.54, 1.807) is 0 Å². The van der Waals surface area contributed by atoms with Gasteiger partial charge in [0.25, 0.3) is 32.1 Å². The van der Waals surface area contributed by atoms with Crippen LogP contribution in [0.4, 0.5) is 28.4 Å². The third kappa shape index (κ3) is 5.37. The van der Waals surface area contributed by atoms with Gasteiger partial charge in [-0.3, -0.25) is 24.0 Å². The van der Waals surface area contributed by atoms with Gasteiger partial charge in [0.1, 0.15) is 21.2 Å². The van der Waals surface area contributed by atoms with Crippen molar-refractivity contribution in [1.29, 1.82) is 0 Å². The maximum absolute atomic E-state index is 12.3. The van der Waals surface area contributed by atoms with Crippen molar-refractivity contribution in [3.05, 3.63) is 77.9 Å². The molecule has 232 valence electrons. The number of benzene rings is 5. The van der Waals surface area contributed by atoms with Gasteiger partial charge in [-0.25, -0.2) is 0 Å². The van der Waals surface area contributed by atoms with Crippen molar-refractivity contribution in [2.75, 3.05) is 5.73 Å². The molecule has 2 amide bonds. The smallest absolute Gasteiger partial charge is 0.296 e. The van der Waals surface area contributed by atoms with Crippen LogP contribution in [0.3, 0.4) is 0 Å². The van der Waals surface area contributed by atoms with Gasteiger partial charge >= 0.3 is 0 Å². The summed E-state index contributed by atoms with van der Waals surface area (Å²) >= 11 is 0. The quantitative estimate of drug-likeness (QED) is 0.0595. The van der Waals surface area contributed by atoms with Gasteiger partial charge in [-0.05, 0) is 72.1 Å². The van der Waals surface area contributed by atoms with E-state index in [-0.39, 0.29) is 50.1 Å². The van der Waals surface area contributed by atoms with Gasteiger partial charge in [0.05, 0.1) is 33.9 Å². The minimum absolute atomic E-state index is 0.0552. The van der Waals surface area contributed by atoms with Crippen molar-refractivity contribution in [2.45, 2.75) is 9.79 Å². The van der Waals surface area contributed by atoms with Crippen molar-refractivity contribution >= 4 is 82.0 Å². The lowest BCUT2D eigenvalue weighted by Gasteiger charge is -2.11. The number of hydrogen-bond acceptors (Lipinski definition) is 13. The molecule has 16 nitrogen and oxygen atoms in total. The molecule has 18 heteroatoms. The van der Waals surface area contributed by atoms with E-state index in [2.05, 4.69) is 25.8 Å². The number of nitrogen functional groups attached to an aromatic ring is 1. The lowest BCUT2D eigenvalue weighted by atomic mass is 10.1. The summed E-state index contributed by atoms with van der Waals surface area (Å²) in [4.78, 5) is 22.1. The first-order valence-electron chi connectivity index (χ1n) is 12.7. The van der Waals surface area contributed by atoms with Crippen LogP contribution in [0.5, 0.6) is 11.5 Å². The van der Waals surface area contributed by atoms with Crippen LogP contribution in [0, 0.1) is 0 Å². The number of phenolic OH excluding ortho intramolecular Hbond substituents is 2. The van der Waals surface area contributed by atoms with Gasteiger partial charge in [0, 0.05) is 16.2 Å². The Morgan fingerprint density at radius 1 is 0.630 bits per heavy atom. The number of carbonyl (C=O) groups is 2. The second-order valence-electron chi connectivity index (χ2n) is 9.88. The van der Waals surface area contributed by atoms with E-state index in [1.165, 1.54) is 48.5 Å². The van der Waals surface area contributed by atoms with E-state index in [9.17, 15) is 45.7 Å². The average molecular weight is 663 g/mol. The molecule has 0 fully saturated rings. The number of fused-ring (bicyclic) bond motifs is 3. The van der Waals surface area contributed by atoms with E-state index >= 15 is 0 Å². The van der Waals surface area contributed by atoms with Gasteiger partial charge in [-0.2, -0.15) is 21.9 Å². The molecule has 0 atom stereocenters. The zero-order valence-corrected chi connectivity index (χ0v) is 24.4. The molecule has 0 bridgehead atoms. The Morgan fingerprint density at radius 2 is 1.26 bits per heavy atom. The SMILES string of the molecule is Nc1cc2c(O)c(N=Nc3ccc(N=Nc4ccc5c(c4)C(=O)NC5=O)c4ccc(O)cc34)c(S(=O)(=O)O)cc2cc1S(=O)(=O)O. The van der Waals surface area contributed by atoms with Gasteiger partial charge in [0.2, 0.25) is 0 Å². The molecule has 6 rings (SSSR count). The Hall–Kier alpha value is -5.82. The topological polar surface area (TPSA) is 271 Å². The molecule has 0 spiro atoms. The second kappa shape index (κ2) is 10.7. The van der Waals surface area contributed by atoms with Crippen molar-refractivity contribution < 1.29 is 45.7 Å². The van der Waals surface area contributed by atoms with E-state index in [0.717, 1.165) is 18.2 Å². The molecule has 0 saturated carbocycles. The minimum atomic E-state index is -5.08. The fourth-order valence-corrected chi connectivity index (χ4v) is 6.11. The molecular formula is C28H18N6O10S2. The fraction of sp³-hybridized carbons (Fsp3) is 0. The number of aromatic hydroxyl groups is 2. The minimum Gasteiger partial charge on any atom is -0.508 e. The van der Waals surface area contributed by atoms with Crippen LogP contribution in [0.15, 0.2) is 97.0 Å². The molecule has 5 aromatic carbocycles. The highest BCUT2D eigenvalue weighted by molar-refractivity contribution is 7.86. The number of nitrogens with zero attached hydrogens (tertiary/aromatic N) is 4. The lowest BCUT2D eigenvalue weighted by Crippen LogP contribution is -2.19. The summed E-state index contributed by atoms with van der Waals surface area (Å²) in [5.74, 6) is -2.09. The van der Waals surface area contributed by atoms with Crippen molar-refractivity contribution in [3.8, 4) is 11.5 Å². The number of imide groups is 1. The third-order valence-corrected chi connectivity index (χ3v) is 8.72. The molecule has 1 aliphatic heterocycles. The fourth-order valence-electron chi connectivity index (χ4n) is 4.82. The molecule has 46 heavy (non-hydrogen) atoms. The summed E-state index contributed by atoms with van der Waals surface area (Å²) in [6.07, 6.45) is 0. The van der Waals surface area contributed by atoms with Gasteiger partial charge in [0.15, 0.2) is 5.75 Å². The largest absolute Gasteiger partial charge is 0.508 e. The molecule has 7 N–H and O–H groups in total. The highest BCUT2D eigenvalue weighted by atomic mass is 32.2. The highest BCUT2D eigenvalue weighted by Crippen LogP contribution is 2.44. The zero-order valence-electron chi connectivity index (χ0n) is 22.8. The highest BCUT2D eigenvalue weighted by Gasteiger charge is 2.27. The van der Waals surface area contributed by atoms with Gasteiger partial charge in [-0.1, -0.05) is 0 Å².